The van der Waals surface area contributed by atoms with E-state index in [0.717, 1.165) is 48.2 Å². The lowest BCUT2D eigenvalue weighted by atomic mass is 10.3. The summed E-state index contributed by atoms with van der Waals surface area (Å²) in [4.78, 5) is 15.4. The van der Waals surface area contributed by atoms with Crippen LogP contribution in [0, 0.1) is 6.92 Å². The standard InChI is InChI=1S/C18H24N6S/c1-14-22-15(12-25-14)11-23(3)18(19-2)20-9-6-10-24-13-21-16-7-4-5-8-17(16)24/h4-5,7-8,12-13H,6,9-11H2,1-3H3,(H,19,20). The molecule has 0 radical (unpaired) electrons. The first-order chi connectivity index (χ1) is 12.2. The number of nitrogens with zero attached hydrogens (tertiary/aromatic N) is 5. The zero-order valence-electron chi connectivity index (χ0n) is 14.9. The number of imidazole rings is 1. The molecule has 6 nitrogen and oxygen atoms in total. The van der Waals surface area contributed by atoms with Gasteiger partial charge >= 0.3 is 0 Å². The van der Waals surface area contributed by atoms with E-state index in [1.54, 1.807) is 11.3 Å². The largest absolute Gasteiger partial charge is 0.356 e. The lowest BCUT2D eigenvalue weighted by molar-refractivity contribution is 0.468. The van der Waals surface area contributed by atoms with Crippen LogP contribution in [0.4, 0.5) is 0 Å². The number of nitrogens with one attached hydrogen (secondary N) is 1. The van der Waals surface area contributed by atoms with Crippen molar-refractivity contribution in [2.75, 3.05) is 20.6 Å². The molecule has 7 heteroatoms. The minimum absolute atomic E-state index is 0.760. The van der Waals surface area contributed by atoms with Crippen molar-refractivity contribution in [3.8, 4) is 0 Å². The van der Waals surface area contributed by atoms with Gasteiger partial charge in [-0.3, -0.25) is 4.99 Å². The van der Waals surface area contributed by atoms with Crippen molar-refractivity contribution in [2.24, 2.45) is 4.99 Å². The Morgan fingerprint density at radius 3 is 2.96 bits per heavy atom. The van der Waals surface area contributed by atoms with Gasteiger partial charge in [-0.25, -0.2) is 9.97 Å². The minimum Gasteiger partial charge on any atom is -0.356 e. The Kier molecular flexibility index (Phi) is 5.65. The van der Waals surface area contributed by atoms with Gasteiger partial charge in [-0.1, -0.05) is 12.1 Å². The van der Waals surface area contributed by atoms with Crippen LogP contribution in [-0.2, 0) is 13.1 Å². The van der Waals surface area contributed by atoms with Gasteiger partial charge in [-0.05, 0) is 25.5 Å². The lowest BCUT2D eigenvalue weighted by Gasteiger charge is -2.21. The van der Waals surface area contributed by atoms with Gasteiger partial charge in [0.2, 0.25) is 0 Å². The molecule has 25 heavy (non-hydrogen) atoms. The highest BCUT2D eigenvalue weighted by Crippen LogP contribution is 2.12. The molecule has 1 aromatic carbocycles. The summed E-state index contributed by atoms with van der Waals surface area (Å²) in [5.41, 5.74) is 3.31. The first-order valence-corrected chi connectivity index (χ1v) is 9.28. The zero-order valence-corrected chi connectivity index (χ0v) is 15.8. The Balaban J connectivity index is 1.48. The fourth-order valence-corrected chi connectivity index (χ4v) is 3.43. The number of hydrogen-bond donors (Lipinski definition) is 1. The van der Waals surface area contributed by atoms with Gasteiger partial charge in [0.15, 0.2) is 5.96 Å². The van der Waals surface area contributed by atoms with Crippen molar-refractivity contribution in [3.05, 3.63) is 46.7 Å². The monoisotopic (exact) mass is 356 g/mol. The number of aromatic nitrogens is 3. The summed E-state index contributed by atoms with van der Waals surface area (Å²) in [5, 5.41) is 6.62. The summed E-state index contributed by atoms with van der Waals surface area (Å²) < 4.78 is 2.20. The van der Waals surface area contributed by atoms with Crippen molar-refractivity contribution >= 4 is 28.3 Å². The SMILES string of the molecule is CN=C(NCCCn1cnc2ccccc21)N(C)Cc1csc(C)n1. The third-order valence-corrected chi connectivity index (χ3v) is 4.85. The number of hydrogen-bond acceptors (Lipinski definition) is 4. The molecule has 3 aromatic rings. The van der Waals surface area contributed by atoms with Crippen molar-refractivity contribution < 1.29 is 0 Å². The topological polar surface area (TPSA) is 58.3 Å². The van der Waals surface area contributed by atoms with E-state index in [-0.39, 0.29) is 0 Å². The van der Waals surface area contributed by atoms with E-state index in [9.17, 15) is 0 Å². The van der Waals surface area contributed by atoms with Gasteiger partial charge < -0.3 is 14.8 Å². The number of aliphatic imine (C=N–C) groups is 1. The smallest absolute Gasteiger partial charge is 0.193 e. The zero-order chi connectivity index (χ0) is 17.6. The third kappa shape index (κ3) is 4.36. The summed E-state index contributed by atoms with van der Waals surface area (Å²) in [5.74, 6) is 0.890. The van der Waals surface area contributed by atoms with E-state index in [2.05, 4.69) is 47.3 Å². The molecule has 3 rings (SSSR count). The number of thiazole rings is 1. The highest BCUT2D eigenvalue weighted by atomic mass is 32.1. The highest BCUT2D eigenvalue weighted by molar-refractivity contribution is 7.09. The van der Waals surface area contributed by atoms with E-state index >= 15 is 0 Å². The average Bonchev–Trinajstić information content (AvgIpc) is 3.21. The molecule has 2 heterocycles. The van der Waals surface area contributed by atoms with E-state index in [1.807, 2.05) is 39.5 Å². The van der Waals surface area contributed by atoms with Crippen LogP contribution < -0.4 is 5.32 Å². The Morgan fingerprint density at radius 2 is 2.20 bits per heavy atom. The Bertz CT molecular complexity index is 850. The van der Waals surface area contributed by atoms with Crippen LogP contribution in [0.3, 0.4) is 0 Å². The number of guanidine groups is 1. The normalized spacial score (nSPS) is 11.9. The van der Waals surface area contributed by atoms with Crippen molar-refractivity contribution in [3.63, 3.8) is 0 Å². The van der Waals surface area contributed by atoms with Gasteiger partial charge in [-0.15, -0.1) is 11.3 Å². The summed E-state index contributed by atoms with van der Waals surface area (Å²) in [7, 11) is 3.85. The van der Waals surface area contributed by atoms with Crippen molar-refractivity contribution in [1.82, 2.24) is 24.8 Å². The maximum Gasteiger partial charge on any atom is 0.193 e. The number of fused-ring (bicyclic) bond motifs is 1. The van der Waals surface area contributed by atoms with E-state index < -0.39 is 0 Å². The van der Waals surface area contributed by atoms with E-state index in [0.29, 0.717) is 0 Å². The molecule has 132 valence electrons. The molecule has 0 atom stereocenters. The summed E-state index contributed by atoms with van der Waals surface area (Å²) >= 11 is 1.68. The molecule has 2 aromatic heterocycles. The van der Waals surface area contributed by atoms with Gasteiger partial charge in [0.25, 0.3) is 0 Å². The quantitative estimate of drug-likeness (QED) is 0.419. The number of benzene rings is 1. The molecule has 1 N–H and O–H groups in total. The van der Waals surface area contributed by atoms with Gasteiger partial charge in [0.1, 0.15) is 0 Å². The van der Waals surface area contributed by atoms with E-state index in [4.69, 9.17) is 0 Å². The van der Waals surface area contributed by atoms with Crippen LogP contribution in [0.15, 0.2) is 41.0 Å². The Morgan fingerprint density at radius 1 is 1.36 bits per heavy atom. The second-order valence-electron chi connectivity index (χ2n) is 5.97. The maximum atomic E-state index is 4.51. The Hall–Kier alpha value is -2.41. The van der Waals surface area contributed by atoms with Crippen LogP contribution in [0.5, 0.6) is 0 Å². The predicted octanol–water partition coefficient (Wildman–Crippen LogP) is 2.90. The summed E-state index contributed by atoms with van der Waals surface area (Å²) in [6, 6.07) is 8.22. The van der Waals surface area contributed by atoms with Gasteiger partial charge in [0.05, 0.1) is 34.6 Å². The van der Waals surface area contributed by atoms with E-state index in [1.165, 1.54) is 5.52 Å². The molecule has 0 bridgehead atoms. The fraction of sp³-hybridized carbons (Fsp3) is 0.389. The number of para-hydroxylation sites is 2. The molecule has 0 amide bonds. The van der Waals surface area contributed by atoms with Crippen LogP contribution in [0.25, 0.3) is 11.0 Å². The fourth-order valence-electron chi connectivity index (χ4n) is 2.82. The third-order valence-electron chi connectivity index (χ3n) is 4.03. The first-order valence-electron chi connectivity index (χ1n) is 8.40. The second-order valence-corrected chi connectivity index (χ2v) is 7.03. The molecule has 0 unspecified atom stereocenters. The highest BCUT2D eigenvalue weighted by Gasteiger charge is 2.08. The summed E-state index contributed by atoms with van der Waals surface area (Å²) in [6.45, 7) is 4.58. The number of rotatable bonds is 6. The van der Waals surface area contributed by atoms with Crippen molar-refractivity contribution in [1.29, 1.82) is 0 Å². The van der Waals surface area contributed by atoms with Crippen LogP contribution in [0.1, 0.15) is 17.1 Å². The predicted molar refractivity (Wildman–Crippen MR) is 104 cm³/mol. The van der Waals surface area contributed by atoms with Gasteiger partial charge in [-0.2, -0.15) is 0 Å². The molecule has 0 aliphatic heterocycles. The molecular formula is C18H24N6S. The second kappa shape index (κ2) is 8.11. The van der Waals surface area contributed by atoms with Crippen LogP contribution in [0.2, 0.25) is 0 Å². The van der Waals surface area contributed by atoms with Gasteiger partial charge in [0, 0.05) is 32.6 Å². The summed E-state index contributed by atoms with van der Waals surface area (Å²) in [6.07, 6.45) is 2.92. The van der Waals surface area contributed by atoms with Crippen LogP contribution in [-0.4, -0.2) is 46.0 Å². The van der Waals surface area contributed by atoms with Crippen LogP contribution >= 0.6 is 11.3 Å². The molecular weight excluding hydrogens is 332 g/mol. The Labute approximate surface area is 152 Å². The molecule has 0 aliphatic rings. The molecule has 0 saturated carbocycles. The first kappa shape index (κ1) is 17.4. The minimum atomic E-state index is 0.760. The molecule has 0 aliphatic carbocycles. The molecule has 0 spiro atoms. The molecule has 0 fully saturated rings. The molecule has 0 saturated heterocycles. The number of aryl methyl sites for hydroxylation is 2. The van der Waals surface area contributed by atoms with Crippen molar-refractivity contribution in [2.45, 2.75) is 26.4 Å². The average molecular weight is 356 g/mol. The lowest BCUT2D eigenvalue weighted by Crippen LogP contribution is -2.39. The maximum absolute atomic E-state index is 4.51.